The summed E-state index contributed by atoms with van der Waals surface area (Å²) < 4.78 is 13.8. The van der Waals surface area contributed by atoms with Gasteiger partial charge in [-0.2, -0.15) is 0 Å². The van der Waals surface area contributed by atoms with Crippen LogP contribution in [0.2, 0.25) is 0 Å². The largest absolute Gasteiger partial charge is 0.309 e. The Morgan fingerprint density at radius 2 is 2.05 bits per heavy atom. The number of rotatable bonds is 5. The number of halogens is 2. The third-order valence-electron chi connectivity index (χ3n) is 3.64. The molecule has 1 aromatic rings. The number of likely N-dealkylation sites (tertiary alicyclic amines) is 1. The fraction of sp³-hybridized carbons (Fsp3) is 0.600. The minimum atomic E-state index is -0.197. The van der Waals surface area contributed by atoms with Gasteiger partial charge in [0.1, 0.15) is 5.82 Å². The zero-order valence-electron chi connectivity index (χ0n) is 11.5. The molecule has 19 heavy (non-hydrogen) atoms. The van der Waals surface area contributed by atoms with Crippen molar-refractivity contribution in [1.29, 1.82) is 0 Å². The van der Waals surface area contributed by atoms with Gasteiger partial charge >= 0.3 is 0 Å². The maximum absolute atomic E-state index is 13.0. The van der Waals surface area contributed by atoms with Crippen LogP contribution in [0.1, 0.15) is 31.7 Å². The quantitative estimate of drug-likeness (QED) is 0.889. The Kier molecular flexibility index (Phi) is 5.79. The summed E-state index contributed by atoms with van der Waals surface area (Å²) in [5.41, 5.74) is 1.10. The first-order valence-corrected chi connectivity index (χ1v) is 7.84. The molecule has 0 bridgehead atoms. The topological polar surface area (TPSA) is 15.3 Å². The van der Waals surface area contributed by atoms with Crippen molar-refractivity contribution in [3.05, 3.63) is 34.1 Å². The molecule has 1 aromatic carbocycles. The average molecular weight is 329 g/mol. The van der Waals surface area contributed by atoms with E-state index < -0.39 is 0 Å². The summed E-state index contributed by atoms with van der Waals surface area (Å²) in [6.07, 6.45) is 4.04. The third kappa shape index (κ3) is 4.86. The van der Waals surface area contributed by atoms with Crippen LogP contribution in [0.3, 0.4) is 0 Å². The van der Waals surface area contributed by atoms with Crippen molar-refractivity contribution in [1.82, 2.24) is 10.2 Å². The van der Waals surface area contributed by atoms with Gasteiger partial charge in [0, 0.05) is 23.6 Å². The van der Waals surface area contributed by atoms with Crippen LogP contribution in [0, 0.1) is 5.82 Å². The van der Waals surface area contributed by atoms with Crippen LogP contribution in [0.4, 0.5) is 4.39 Å². The van der Waals surface area contributed by atoms with Crippen molar-refractivity contribution in [2.75, 3.05) is 19.6 Å². The summed E-state index contributed by atoms with van der Waals surface area (Å²) in [4.78, 5) is 2.53. The summed E-state index contributed by atoms with van der Waals surface area (Å²) in [5, 5.41) is 3.51. The van der Waals surface area contributed by atoms with Crippen LogP contribution in [0.5, 0.6) is 0 Å². The van der Waals surface area contributed by atoms with E-state index in [9.17, 15) is 4.39 Å². The third-order valence-corrected chi connectivity index (χ3v) is 4.38. The molecule has 1 aliphatic rings. The van der Waals surface area contributed by atoms with E-state index in [1.807, 2.05) is 6.07 Å². The van der Waals surface area contributed by atoms with Gasteiger partial charge in [-0.25, -0.2) is 4.39 Å². The van der Waals surface area contributed by atoms with Crippen LogP contribution in [-0.4, -0.2) is 30.6 Å². The second-order valence-electron chi connectivity index (χ2n) is 5.38. The Labute approximate surface area is 123 Å². The van der Waals surface area contributed by atoms with E-state index in [0.717, 1.165) is 23.1 Å². The van der Waals surface area contributed by atoms with Crippen molar-refractivity contribution in [2.24, 2.45) is 0 Å². The molecule has 0 amide bonds. The number of nitrogens with zero attached hydrogens (tertiary/aromatic N) is 1. The minimum Gasteiger partial charge on any atom is -0.309 e. The monoisotopic (exact) mass is 328 g/mol. The fourth-order valence-electron chi connectivity index (χ4n) is 2.54. The number of piperidine rings is 1. The Hall–Kier alpha value is -0.450. The van der Waals surface area contributed by atoms with E-state index in [1.54, 1.807) is 0 Å². The first-order valence-electron chi connectivity index (χ1n) is 7.05. The van der Waals surface area contributed by atoms with Crippen LogP contribution in [-0.2, 0) is 6.54 Å². The lowest BCUT2D eigenvalue weighted by Crippen LogP contribution is -2.41. The van der Waals surface area contributed by atoms with Crippen molar-refractivity contribution < 1.29 is 4.39 Å². The molecule has 1 unspecified atom stereocenters. The first-order chi connectivity index (χ1) is 9.15. The molecular weight excluding hydrogens is 307 g/mol. The van der Waals surface area contributed by atoms with E-state index in [1.165, 1.54) is 44.5 Å². The van der Waals surface area contributed by atoms with Crippen molar-refractivity contribution in [2.45, 2.75) is 38.8 Å². The molecule has 1 aliphatic heterocycles. The number of benzene rings is 1. The van der Waals surface area contributed by atoms with Crippen LogP contribution < -0.4 is 5.32 Å². The Morgan fingerprint density at radius 3 is 2.74 bits per heavy atom. The van der Waals surface area contributed by atoms with E-state index >= 15 is 0 Å². The molecule has 106 valence electrons. The van der Waals surface area contributed by atoms with E-state index in [2.05, 4.69) is 33.1 Å². The van der Waals surface area contributed by atoms with Gasteiger partial charge < -0.3 is 10.2 Å². The zero-order chi connectivity index (χ0) is 13.7. The van der Waals surface area contributed by atoms with E-state index in [-0.39, 0.29) is 5.82 Å². The maximum atomic E-state index is 13.0. The van der Waals surface area contributed by atoms with Crippen LogP contribution in [0.25, 0.3) is 0 Å². The van der Waals surface area contributed by atoms with Gasteiger partial charge in [-0.1, -0.05) is 28.4 Å². The maximum Gasteiger partial charge on any atom is 0.124 e. The molecule has 0 aliphatic carbocycles. The van der Waals surface area contributed by atoms with Gasteiger partial charge in [0.15, 0.2) is 0 Å². The minimum absolute atomic E-state index is 0.197. The molecular formula is C15H22BrFN2. The Bertz CT molecular complexity index is 405. The lowest BCUT2D eigenvalue weighted by atomic mass is 10.1. The van der Waals surface area contributed by atoms with Gasteiger partial charge in [0.05, 0.1) is 0 Å². The highest BCUT2D eigenvalue weighted by atomic mass is 79.9. The summed E-state index contributed by atoms with van der Waals surface area (Å²) in [5.74, 6) is -0.197. The molecule has 1 saturated heterocycles. The lowest BCUT2D eigenvalue weighted by Gasteiger charge is -2.29. The summed E-state index contributed by atoms with van der Waals surface area (Å²) in [6, 6.07) is 5.32. The predicted octanol–water partition coefficient (Wildman–Crippen LogP) is 3.55. The molecule has 2 rings (SSSR count). The highest BCUT2D eigenvalue weighted by Gasteiger charge is 2.13. The molecule has 2 nitrogen and oxygen atoms in total. The summed E-state index contributed by atoms with van der Waals surface area (Å²) in [7, 11) is 0. The molecule has 1 fully saturated rings. The smallest absolute Gasteiger partial charge is 0.124 e. The van der Waals surface area contributed by atoms with Crippen LogP contribution >= 0.6 is 15.9 Å². The van der Waals surface area contributed by atoms with Gasteiger partial charge in [-0.15, -0.1) is 0 Å². The molecule has 0 saturated carbocycles. The van der Waals surface area contributed by atoms with Crippen LogP contribution in [0.15, 0.2) is 22.7 Å². The molecule has 1 heterocycles. The zero-order valence-corrected chi connectivity index (χ0v) is 13.0. The number of hydrogen-bond acceptors (Lipinski definition) is 2. The normalized spacial score (nSPS) is 18.5. The summed E-state index contributed by atoms with van der Waals surface area (Å²) >= 11 is 3.41. The average Bonchev–Trinajstić information content (AvgIpc) is 2.39. The molecule has 4 heteroatoms. The van der Waals surface area contributed by atoms with Crippen molar-refractivity contribution >= 4 is 15.9 Å². The fourth-order valence-corrected chi connectivity index (χ4v) is 3.03. The molecule has 0 radical (unpaired) electrons. The Morgan fingerprint density at radius 1 is 1.32 bits per heavy atom. The van der Waals surface area contributed by atoms with Gasteiger partial charge in [-0.05, 0) is 50.6 Å². The Balaban J connectivity index is 1.77. The first kappa shape index (κ1) is 14.9. The predicted molar refractivity (Wildman–Crippen MR) is 80.7 cm³/mol. The molecule has 1 N–H and O–H groups in total. The second kappa shape index (κ2) is 7.36. The van der Waals surface area contributed by atoms with Crippen molar-refractivity contribution in [3.8, 4) is 0 Å². The van der Waals surface area contributed by atoms with E-state index in [4.69, 9.17) is 0 Å². The van der Waals surface area contributed by atoms with Gasteiger partial charge in [-0.3, -0.25) is 0 Å². The number of nitrogens with one attached hydrogen (secondary N) is 1. The highest BCUT2D eigenvalue weighted by Crippen LogP contribution is 2.18. The standard InChI is InChI=1S/C15H22BrFN2/c1-12(11-19-7-3-2-4-8-19)18-10-13-5-6-14(17)9-15(13)16/h5-6,9,12,18H,2-4,7-8,10-11H2,1H3. The van der Waals surface area contributed by atoms with Gasteiger partial charge in [0.2, 0.25) is 0 Å². The van der Waals surface area contributed by atoms with Crippen molar-refractivity contribution in [3.63, 3.8) is 0 Å². The summed E-state index contributed by atoms with van der Waals surface area (Å²) in [6.45, 7) is 6.54. The SMILES string of the molecule is CC(CN1CCCCC1)NCc1ccc(F)cc1Br. The van der Waals surface area contributed by atoms with Gasteiger partial charge in [0.25, 0.3) is 0 Å². The molecule has 0 aromatic heterocycles. The highest BCUT2D eigenvalue weighted by molar-refractivity contribution is 9.10. The molecule has 0 spiro atoms. The molecule has 1 atom stereocenters. The number of hydrogen-bond donors (Lipinski definition) is 1. The second-order valence-corrected chi connectivity index (χ2v) is 6.23. The van der Waals surface area contributed by atoms with E-state index in [0.29, 0.717) is 6.04 Å². The lowest BCUT2D eigenvalue weighted by molar-refractivity contribution is 0.209.